The molecule has 0 unspecified atom stereocenters. The molecule has 2 aromatic carbocycles. The second-order valence-corrected chi connectivity index (χ2v) is 9.70. The Morgan fingerprint density at radius 1 is 1.11 bits per heavy atom. The third-order valence-electron chi connectivity index (χ3n) is 3.71. The third kappa shape index (κ3) is 5.86. The summed E-state index contributed by atoms with van der Waals surface area (Å²) in [5, 5.41) is 0. The number of hydrogen-bond donors (Lipinski definition) is 0. The number of carbonyl (C=O) groups excluding carboxylic acids is 1. The molecule has 0 aliphatic heterocycles. The van der Waals surface area contributed by atoms with Gasteiger partial charge in [0.1, 0.15) is 11.4 Å². The molecule has 0 saturated carbocycles. The highest BCUT2D eigenvalue weighted by atomic mass is 79.9. The third-order valence-corrected chi connectivity index (χ3v) is 5.77. The second-order valence-electron chi connectivity index (χ2n) is 7.23. The number of hydrogen-bond acceptors (Lipinski definition) is 5. The molecule has 5 nitrogen and oxygen atoms in total. The van der Waals surface area contributed by atoms with Crippen LogP contribution in [-0.4, -0.2) is 26.6 Å². The zero-order chi connectivity index (χ0) is 21.1. The molecule has 0 atom stereocenters. The Balaban J connectivity index is 2.15. The quantitative estimate of drug-likeness (QED) is 0.446. The molecule has 0 aliphatic rings. The summed E-state index contributed by atoms with van der Waals surface area (Å²) in [6, 6.07) is 9.06. The van der Waals surface area contributed by atoms with Crippen molar-refractivity contribution in [3.05, 3.63) is 63.4 Å². The smallest absolute Gasteiger partial charge is 0.341 e. The number of rotatable bonds is 6. The van der Waals surface area contributed by atoms with Gasteiger partial charge in [0, 0.05) is 16.5 Å². The van der Waals surface area contributed by atoms with Gasteiger partial charge in [0.15, 0.2) is 0 Å². The van der Waals surface area contributed by atoms with Crippen LogP contribution in [0, 0.1) is 12.7 Å². The largest absolute Gasteiger partial charge is 0.456 e. The summed E-state index contributed by atoms with van der Waals surface area (Å²) in [6.45, 7) is 6.63. The maximum atomic E-state index is 14.8. The normalized spacial score (nSPS) is 12.1. The van der Waals surface area contributed by atoms with E-state index in [2.05, 4.69) is 15.9 Å². The van der Waals surface area contributed by atoms with Gasteiger partial charge in [-0.1, -0.05) is 33.6 Å². The molecule has 0 fully saturated rings. The van der Waals surface area contributed by atoms with Crippen LogP contribution in [0.3, 0.4) is 0 Å². The van der Waals surface area contributed by atoms with Crippen molar-refractivity contribution in [3.8, 4) is 0 Å². The molecule has 0 radical (unpaired) electrons. The minimum Gasteiger partial charge on any atom is -0.456 e. The lowest BCUT2D eigenvalue weighted by atomic mass is 10.1. The fraction of sp³-hybridized carbons (Fsp3) is 0.350. The Bertz CT molecular complexity index is 963. The Hall–Kier alpha value is -1.77. The van der Waals surface area contributed by atoms with Crippen LogP contribution in [0.15, 0.2) is 45.8 Å². The summed E-state index contributed by atoms with van der Waals surface area (Å²) < 4.78 is 49.9. The minimum atomic E-state index is -3.95. The van der Waals surface area contributed by atoms with Crippen LogP contribution in [0.2, 0.25) is 0 Å². The van der Waals surface area contributed by atoms with Crippen LogP contribution in [-0.2, 0) is 25.5 Å². The minimum absolute atomic E-state index is 0.0279. The average molecular weight is 473 g/mol. The first-order chi connectivity index (χ1) is 12.9. The van der Waals surface area contributed by atoms with Crippen LogP contribution in [0.4, 0.5) is 4.39 Å². The van der Waals surface area contributed by atoms with Crippen LogP contribution in [0.25, 0.3) is 0 Å². The molecule has 28 heavy (non-hydrogen) atoms. The summed E-state index contributed by atoms with van der Waals surface area (Å²) in [4.78, 5) is 12.2. The average Bonchev–Trinajstić information content (AvgIpc) is 2.56. The predicted molar refractivity (Wildman–Crippen MR) is 107 cm³/mol. The molecule has 0 heterocycles. The Labute approximate surface area is 173 Å². The molecule has 0 saturated heterocycles. The van der Waals surface area contributed by atoms with E-state index in [-0.39, 0.29) is 29.1 Å². The van der Waals surface area contributed by atoms with E-state index in [9.17, 15) is 17.6 Å². The van der Waals surface area contributed by atoms with Gasteiger partial charge in [0.2, 0.25) is 0 Å². The maximum Gasteiger partial charge on any atom is 0.341 e. The Morgan fingerprint density at radius 3 is 2.29 bits per heavy atom. The molecule has 152 valence electrons. The highest BCUT2D eigenvalue weighted by molar-refractivity contribution is 9.10. The standard InChI is InChI=1S/C20H22BrFO5S/c1-13-5-7-14(8-6-13)28(24,25)26-12-11-15-17(21)10-9-16(18(15)22)19(23)27-20(2,3)4/h5-10H,11-12H2,1-4H3. The van der Waals surface area contributed by atoms with Gasteiger partial charge < -0.3 is 4.74 Å². The van der Waals surface area contributed by atoms with Crippen molar-refractivity contribution in [2.75, 3.05) is 6.61 Å². The van der Waals surface area contributed by atoms with Crippen molar-refractivity contribution in [2.24, 2.45) is 0 Å². The summed E-state index contributed by atoms with van der Waals surface area (Å²) in [6.07, 6.45) is -0.0475. The van der Waals surface area contributed by atoms with Gasteiger partial charge in [-0.2, -0.15) is 8.42 Å². The zero-order valence-electron chi connectivity index (χ0n) is 16.1. The van der Waals surface area contributed by atoms with Gasteiger partial charge in [-0.15, -0.1) is 0 Å². The highest BCUT2D eigenvalue weighted by Gasteiger charge is 2.24. The molecule has 2 rings (SSSR count). The number of esters is 1. The van der Waals surface area contributed by atoms with Crippen molar-refractivity contribution in [2.45, 2.75) is 44.6 Å². The molecular weight excluding hydrogens is 451 g/mol. The van der Waals surface area contributed by atoms with Crippen LogP contribution in [0.1, 0.15) is 42.3 Å². The summed E-state index contributed by atoms with van der Waals surface area (Å²) in [7, 11) is -3.95. The fourth-order valence-electron chi connectivity index (χ4n) is 2.34. The van der Waals surface area contributed by atoms with Gasteiger partial charge in [-0.05, 0) is 52.0 Å². The van der Waals surface area contributed by atoms with Crippen molar-refractivity contribution in [1.29, 1.82) is 0 Å². The van der Waals surface area contributed by atoms with Crippen LogP contribution < -0.4 is 0 Å². The summed E-state index contributed by atoms with van der Waals surface area (Å²) in [5.41, 5.74) is 0.0861. The molecule has 0 bridgehead atoms. The van der Waals surface area contributed by atoms with Gasteiger partial charge in [-0.25, -0.2) is 9.18 Å². The van der Waals surface area contributed by atoms with E-state index < -0.39 is 27.5 Å². The number of aryl methyl sites for hydroxylation is 1. The van der Waals surface area contributed by atoms with E-state index >= 15 is 0 Å². The highest BCUT2D eigenvalue weighted by Crippen LogP contribution is 2.25. The summed E-state index contributed by atoms with van der Waals surface area (Å²) >= 11 is 3.23. The molecule has 0 amide bonds. The van der Waals surface area contributed by atoms with Crippen molar-refractivity contribution < 1.29 is 26.5 Å². The van der Waals surface area contributed by atoms with Crippen molar-refractivity contribution in [3.63, 3.8) is 0 Å². The van der Waals surface area contributed by atoms with Gasteiger partial charge in [-0.3, -0.25) is 4.18 Å². The zero-order valence-corrected chi connectivity index (χ0v) is 18.5. The predicted octanol–water partition coefficient (Wildman–Crippen LogP) is 4.80. The molecule has 2 aromatic rings. The lowest BCUT2D eigenvalue weighted by Crippen LogP contribution is -2.24. The second kappa shape index (κ2) is 8.71. The van der Waals surface area contributed by atoms with Gasteiger partial charge in [0.25, 0.3) is 10.1 Å². The molecule has 0 spiro atoms. The number of ether oxygens (including phenoxy) is 1. The van der Waals surface area contributed by atoms with Crippen molar-refractivity contribution in [1.82, 2.24) is 0 Å². The Morgan fingerprint density at radius 2 is 1.71 bits per heavy atom. The lowest BCUT2D eigenvalue weighted by molar-refractivity contribution is 0.00643. The topological polar surface area (TPSA) is 69.7 Å². The molecule has 0 N–H and O–H groups in total. The molecule has 0 aliphatic carbocycles. The van der Waals surface area contributed by atoms with Crippen molar-refractivity contribution >= 4 is 32.0 Å². The first-order valence-corrected chi connectivity index (χ1v) is 10.8. The van der Waals surface area contributed by atoms with E-state index in [1.807, 2.05) is 6.92 Å². The van der Waals surface area contributed by atoms with Gasteiger partial charge >= 0.3 is 5.97 Å². The number of halogens is 2. The number of benzene rings is 2. The van der Waals surface area contributed by atoms with E-state index in [0.717, 1.165) is 5.56 Å². The van der Waals surface area contributed by atoms with E-state index in [0.29, 0.717) is 4.47 Å². The fourth-order valence-corrected chi connectivity index (χ4v) is 3.76. The first kappa shape index (κ1) is 22.5. The molecular formula is C20H22BrFO5S. The molecule has 0 aromatic heterocycles. The first-order valence-electron chi connectivity index (χ1n) is 8.57. The molecule has 8 heteroatoms. The van der Waals surface area contributed by atoms with E-state index in [4.69, 9.17) is 8.92 Å². The van der Waals surface area contributed by atoms with Crippen LogP contribution >= 0.6 is 15.9 Å². The van der Waals surface area contributed by atoms with E-state index in [1.54, 1.807) is 32.9 Å². The summed E-state index contributed by atoms with van der Waals surface area (Å²) in [5.74, 6) is -1.55. The van der Waals surface area contributed by atoms with Crippen LogP contribution in [0.5, 0.6) is 0 Å². The maximum absolute atomic E-state index is 14.8. The van der Waals surface area contributed by atoms with Gasteiger partial charge in [0.05, 0.1) is 17.1 Å². The number of carbonyl (C=O) groups is 1. The SMILES string of the molecule is Cc1ccc(S(=O)(=O)OCCc2c(Br)ccc(C(=O)OC(C)(C)C)c2F)cc1. The Kier molecular flexibility index (Phi) is 7.01. The lowest BCUT2D eigenvalue weighted by Gasteiger charge is -2.20. The monoisotopic (exact) mass is 472 g/mol. The van der Waals surface area contributed by atoms with E-state index in [1.165, 1.54) is 24.3 Å².